The Morgan fingerprint density at radius 3 is 2.63 bits per heavy atom. The Morgan fingerprint density at radius 2 is 2.16 bits per heavy atom. The van der Waals surface area contributed by atoms with Gasteiger partial charge in [-0.2, -0.15) is 4.98 Å². The van der Waals surface area contributed by atoms with Crippen LogP contribution in [0, 0.1) is 12.8 Å². The summed E-state index contributed by atoms with van der Waals surface area (Å²) < 4.78 is 4.88. The van der Waals surface area contributed by atoms with Crippen molar-refractivity contribution in [3.63, 3.8) is 0 Å². The van der Waals surface area contributed by atoms with Gasteiger partial charge in [-0.25, -0.2) is 4.79 Å². The highest BCUT2D eigenvalue weighted by molar-refractivity contribution is 5.83. The van der Waals surface area contributed by atoms with Crippen molar-refractivity contribution in [1.29, 1.82) is 0 Å². The molecule has 0 aromatic carbocycles. The van der Waals surface area contributed by atoms with E-state index < -0.39 is 12.0 Å². The van der Waals surface area contributed by atoms with Gasteiger partial charge in [-0.3, -0.25) is 4.79 Å². The van der Waals surface area contributed by atoms with Gasteiger partial charge in [0, 0.05) is 12.8 Å². The average molecular weight is 269 g/mol. The summed E-state index contributed by atoms with van der Waals surface area (Å²) in [5.41, 5.74) is 0. The van der Waals surface area contributed by atoms with Crippen LogP contribution in [-0.2, 0) is 16.0 Å². The number of hydrogen-bond acceptors (Lipinski definition) is 5. The third-order valence-corrected chi connectivity index (χ3v) is 2.93. The summed E-state index contributed by atoms with van der Waals surface area (Å²) in [6, 6.07) is -0.859. The minimum absolute atomic E-state index is 0.118. The number of carbonyl (C=O) groups excluding carboxylic acids is 1. The first-order valence-electron chi connectivity index (χ1n) is 6.25. The van der Waals surface area contributed by atoms with Crippen molar-refractivity contribution < 1.29 is 19.2 Å². The molecule has 19 heavy (non-hydrogen) atoms. The third kappa shape index (κ3) is 4.69. The predicted molar refractivity (Wildman–Crippen MR) is 66.4 cm³/mol. The molecule has 0 spiro atoms. The molecule has 1 heterocycles. The molecule has 2 N–H and O–H groups in total. The topological polar surface area (TPSA) is 105 Å². The van der Waals surface area contributed by atoms with E-state index in [0.29, 0.717) is 24.6 Å². The van der Waals surface area contributed by atoms with Crippen molar-refractivity contribution in [1.82, 2.24) is 15.5 Å². The summed E-state index contributed by atoms with van der Waals surface area (Å²) in [5, 5.41) is 15.2. The van der Waals surface area contributed by atoms with Gasteiger partial charge < -0.3 is 14.9 Å². The van der Waals surface area contributed by atoms with Gasteiger partial charge in [0.15, 0.2) is 5.82 Å². The van der Waals surface area contributed by atoms with E-state index in [2.05, 4.69) is 15.5 Å². The second-order valence-corrected chi connectivity index (χ2v) is 4.50. The van der Waals surface area contributed by atoms with E-state index in [0.717, 1.165) is 0 Å². The number of carbonyl (C=O) groups is 2. The molecule has 1 aromatic heterocycles. The standard InChI is InChI=1S/C12H19N3O4/c1-4-7(2)11(12(17)18)14-9(16)5-6-10-13-8(3)15-19-10/h7,11H,4-6H2,1-3H3,(H,14,16)(H,17,18). The first-order valence-corrected chi connectivity index (χ1v) is 6.25. The smallest absolute Gasteiger partial charge is 0.326 e. The summed E-state index contributed by atoms with van der Waals surface area (Å²) >= 11 is 0. The fourth-order valence-electron chi connectivity index (χ4n) is 1.59. The Bertz CT molecular complexity index is 444. The molecule has 0 aliphatic heterocycles. The van der Waals surface area contributed by atoms with Crippen molar-refractivity contribution in [2.75, 3.05) is 0 Å². The number of rotatable bonds is 7. The molecule has 0 radical (unpaired) electrons. The fraction of sp³-hybridized carbons (Fsp3) is 0.667. The lowest BCUT2D eigenvalue weighted by Gasteiger charge is -2.19. The highest BCUT2D eigenvalue weighted by atomic mass is 16.5. The average Bonchev–Trinajstić information content (AvgIpc) is 2.78. The fourth-order valence-corrected chi connectivity index (χ4v) is 1.59. The molecule has 0 saturated carbocycles. The number of amides is 1. The van der Waals surface area contributed by atoms with Gasteiger partial charge in [-0.05, 0) is 12.8 Å². The van der Waals surface area contributed by atoms with Gasteiger partial charge in [0.1, 0.15) is 6.04 Å². The number of aryl methyl sites for hydroxylation is 2. The van der Waals surface area contributed by atoms with Gasteiger partial charge in [0.25, 0.3) is 0 Å². The number of carboxylic acids is 1. The molecule has 7 nitrogen and oxygen atoms in total. The van der Waals surface area contributed by atoms with Crippen molar-refractivity contribution >= 4 is 11.9 Å². The first kappa shape index (κ1) is 15.1. The maximum Gasteiger partial charge on any atom is 0.326 e. The van der Waals surface area contributed by atoms with Gasteiger partial charge in [-0.1, -0.05) is 25.4 Å². The minimum atomic E-state index is -1.02. The van der Waals surface area contributed by atoms with Crippen LogP contribution < -0.4 is 5.32 Å². The Morgan fingerprint density at radius 1 is 1.47 bits per heavy atom. The largest absolute Gasteiger partial charge is 0.480 e. The van der Waals surface area contributed by atoms with Crippen LogP contribution in [0.2, 0.25) is 0 Å². The Labute approximate surface area is 111 Å². The molecule has 2 atom stereocenters. The second-order valence-electron chi connectivity index (χ2n) is 4.50. The monoisotopic (exact) mass is 269 g/mol. The van der Waals surface area contributed by atoms with Crippen LogP contribution in [0.5, 0.6) is 0 Å². The van der Waals surface area contributed by atoms with Crippen LogP contribution in [-0.4, -0.2) is 33.2 Å². The molecule has 7 heteroatoms. The lowest BCUT2D eigenvalue weighted by molar-refractivity contribution is -0.143. The molecule has 0 saturated heterocycles. The van der Waals surface area contributed by atoms with Crippen molar-refractivity contribution in [2.24, 2.45) is 5.92 Å². The van der Waals surface area contributed by atoms with E-state index in [1.54, 1.807) is 13.8 Å². The molecule has 2 unspecified atom stereocenters. The van der Waals surface area contributed by atoms with Crippen molar-refractivity contribution in [3.05, 3.63) is 11.7 Å². The van der Waals surface area contributed by atoms with Gasteiger partial charge in [0.05, 0.1) is 0 Å². The number of nitrogens with zero attached hydrogens (tertiary/aromatic N) is 2. The first-order chi connectivity index (χ1) is 8.93. The molecule has 0 bridgehead atoms. The molecule has 0 aliphatic rings. The molecule has 0 fully saturated rings. The second kappa shape index (κ2) is 6.86. The Hall–Kier alpha value is -1.92. The van der Waals surface area contributed by atoms with Crippen LogP contribution in [0.3, 0.4) is 0 Å². The number of aromatic nitrogens is 2. The van der Waals surface area contributed by atoms with E-state index in [1.165, 1.54) is 0 Å². The van der Waals surface area contributed by atoms with Crippen LogP contribution in [0.4, 0.5) is 0 Å². The summed E-state index contributed by atoms with van der Waals surface area (Å²) in [6.45, 7) is 5.37. The lowest BCUT2D eigenvalue weighted by Crippen LogP contribution is -2.45. The van der Waals surface area contributed by atoms with Crippen molar-refractivity contribution in [3.8, 4) is 0 Å². The lowest BCUT2D eigenvalue weighted by atomic mass is 9.99. The molecular formula is C12H19N3O4. The summed E-state index contributed by atoms with van der Waals surface area (Å²) in [5.74, 6) is -0.575. The number of carboxylic acid groups (broad SMARTS) is 1. The molecule has 1 amide bonds. The maximum absolute atomic E-state index is 11.7. The third-order valence-electron chi connectivity index (χ3n) is 2.93. The van der Waals surface area contributed by atoms with Crippen LogP contribution in [0.1, 0.15) is 38.4 Å². The maximum atomic E-state index is 11.7. The minimum Gasteiger partial charge on any atom is -0.480 e. The van der Waals surface area contributed by atoms with Gasteiger partial charge >= 0.3 is 5.97 Å². The van der Waals surface area contributed by atoms with E-state index >= 15 is 0 Å². The highest BCUT2D eigenvalue weighted by Crippen LogP contribution is 2.08. The zero-order valence-electron chi connectivity index (χ0n) is 11.3. The normalized spacial score (nSPS) is 13.8. The number of hydrogen-bond donors (Lipinski definition) is 2. The summed E-state index contributed by atoms with van der Waals surface area (Å²) in [4.78, 5) is 26.7. The van der Waals surface area contributed by atoms with Crippen molar-refractivity contribution in [2.45, 2.75) is 46.1 Å². The molecule has 106 valence electrons. The zero-order chi connectivity index (χ0) is 14.4. The number of nitrogens with one attached hydrogen (secondary N) is 1. The summed E-state index contributed by atoms with van der Waals surface area (Å²) in [6.07, 6.45) is 1.11. The molecule has 1 aromatic rings. The van der Waals surface area contributed by atoms with E-state index in [1.807, 2.05) is 6.92 Å². The predicted octanol–water partition coefficient (Wildman–Crippen LogP) is 0.926. The van der Waals surface area contributed by atoms with E-state index in [-0.39, 0.29) is 18.2 Å². The Balaban J connectivity index is 2.46. The molecular weight excluding hydrogens is 250 g/mol. The van der Waals surface area contributed by atoms with Crippen LogP contribution in [0.15, 0.2) is 4.52 Å². The quantitative estimate of drug-likeness (QED) is 0.762. The van der Waals surface area contributed by atoms with Gasteiger partial charge in [0.2, 0.25) is 11.8 Å². The zero-order valence-corrected chi connectivity index (χ0v) is 11.3. The SMILES string of the molecule is CCC(C)C(NC(=O)CCc1nc(C)no1)C(=O)O. The van der Waals surface area contributed by atoms with Gasteiger partial charge in [-0.15, -0.1) is 0 Å². The van der Waals surface area contributed by atoms with Crippen LogP contribution in [0.25, 0.3) is 0 Å². The molecule has 1 rings (SSSR count). The summed E-state index contributed by atoms with van der Waals surface area (Å²) in [7, 11) is 0. The number of aliphatic carboxylic acids is 1. The molecule has 0 aliphatic carbocycles. The van der Waals surface area contributed by atoms with E-state index in [9.17, 15) is 9.59 Å². The van der Waals surface area contributed by atoms with Crippen LogP contribution >= 0.6 is 0 Å². The highest BCUT2D eigenvalue weighted by Gasteiger charge is 2.25. The van der Waals surface area contributed by atoms with E-state index in [4.69, 9.17) is 9.63 Å². The Kier molecular flexibility index (Phi) is 5.47.